The molecule has 0 bridgehead atoms. The van der Waals surface area contributed by atoms with Crippen LogP contribution in [0, 0.1) is 25.1 Å². The van der Waals surface area contributed by atoms with E-state index in [4.69, 9.17) is 5.41 Å². The zero-order chi connectivity index (χ0) is 22.1. The van der Waals surface area contributed by atoms with E-state index in [-0.39, 0.29) is 17.0 Å². The molecule has 0 aliphatic rings. The van der Waals surface area contributed by atoms with Gasteiger partial charge in [-0.2, -0.15) is 0 Å². The molecule has 158 valence electrons. The van der Waals surface area contributed by atoms with Gasteiger partial charge < -0.3 is 9.55 Å². The van der Waals surface area contributed by atoms with Crippen LogP contribution >= 0.6 is 0 Å². The summed E-state index contributed by atoms with van der Waals surface area (Å²) in [5.74, 6) is -0.334. The van der Waals surface area contributed by atoms with Crippen molar-refractivity contribution < 1.29 is 4.39 Å². The van der Waals surface area contributed by atoms with E-state index in [1.807, 2.05) is 43.7 Å². The molecule has 4 rings (SSSR count). The summed E-state index contributed by atoms with van der Waals surface area (Å²) in [5, 5.41) is 8.19. The molecule has 1 atom stereocenters. The third-order valence-corrected chi connectivity index (χ3v) is 5.50. The SMILES string of the molecule is Cc1cn(-c2ccc(Cc3c[nH]c(=N)n([C@@H](C)c4ccc(F)cc4)c3=O)cc2C)cn1. The molecule has 6 nitrogen and oxygen atoms in total. The van der Waals surface area contributed by atoms with E-state index in [0.29, 0.717) is 12.0 Å². The highest BCUT2D eigenvalue weighted by atomic mass is 19.1. The predicted molar refractivity (Wildman–Crippen MR) is 117 cm³/mol. The van der Waals surface area contributed by atoms with Crippen LogP contribution in [0.2, 0.25) is 0 Å². The molecule has 4 aromatic rings. The second kappa shape index (κ2) is 8.18. The number of H-pyrrole nitrogens is 1. The number of aryl methyl sites for hydroxylation is 2. The number of halogens is 1. The molecule has 7 heteroatoms. The van der Waals surface area contributed by atoms with Crippen LogP contribution in [0.15, 0.2) is 66.0 Å². The van der Waals surface area contributed by atoms with Gasteiger partial charge in [-0.25, -0.2) is 9.37 Å². The molecule has 0 radical (unpaired) electrons. The van der Waals surface area contributed by atoms with E-state index < -0.39 is 6.04 Å². The van der Waals surface area contributed by atoms with Crippen LogP contribution in [0.1, 0.15) is 40.9 Å². The standard InChI is InChI=1S/C24H24FN5O/c1-15-10-18(4-9-22(15)29-13-16(2)28-14-29)11-20-12-27-24(26)30(23(20)31)17(3)19-5-7-21(25)8-6-19/h4-10,12-14,17H,11H2,1-3H3,(H2,26,27)/t17-/m0/s1. The fourth-order valence-corrected chi connectivity index (χ4v) is 3.82. The quantitative estimate of drug-likeness (QED) is 0.518. The van der Waals surface area contributed by atoms with Crippen LogP contribution in [-0.2, 0) is 6.42 Å². The Labute approximate surface area is 179 Å². The Balaban J connectivity index is 1.66. The Kier molecular flexibility index (Phi) is 5.42. The highest BCUT2D eigenvalue weighted by molar-refractivity contribution is 5.44. The van der Waals surface area contributed by atoms with Gasteiger partial charge in [0.2, 0.25) is 5.62 Å². The molecule has 2 N–H and O–H groups in total. The Morgan fingerprint density at radius 2 is 1.90 bits per heavy atom. The average molecular weight is 417 g/mol. The van der Waals surface area contributed by atoms with Crippen molar-refractivity contribution in [1.82, 2.24) is 19.1 Å². The lowest BCUT2D eigenvalue weighted by molar-refractivity contribution is 0.552. The van der Waals surface area contributed by atoms with E-state index in [1.54, 1.807) is 24.7 Å². The fraction of sp³-hybridized carbons (Fsp3) is 0.208. The molecular formula is C24H24FN5O. The number of nitrogens with one attached hydrogen (secondary N) is 2. The average Bonchev–Trinajstić information content (AvgIpc) is 3.16. The number of benzene rings is 2. The van der Waals surface area contributed by atoms with Gasteiger partial charge in [0, 0.05) is 30.1 Å². The number of imidazole rings is 1. The van der Waals surface area contributed by atoms with Crippen molar-refractivity contribution in [3.8, 4) is 5.69 Å². The molecule has 2 aromatic carbocycles. The largest absolute Gasteiger partial charge is 0.332 e. The van der Waals surface area contributed by atoms with Crippen LogP contribution < -0.4 is 11.2 Å². The first-order valence-corrected chi connectivity index (χ1v) is 10.1. The molecule has 31 heavy (non-hydrogen) atoms. The zero-order valence-corrected chi connectivity index (χ0v) is 17.7. The van der Waals surface area contributed by atoms with Gasteiger partial charge in [-0.1, -0.05) is 24.3 Å². The lowest BCUT2D eigenvalue weighted by Crippen LogP contribution is -2.39. The van der Waals surface area contributed by atoms with Gasteiger partial charge in [0.25, 0.3) is 5.56 Å². The Bertz CT molecular complexity index is 1350. The Hall–Kier alpha value is -3.74. The van der Waals surface area contributed by atoms with Gasteiger partial charge in [0.15, 0.2) is 0 Å². The summed E-state index contributed by atoms with van der Waals surface area (Å²) in [7, 11) is 0. The van der Waals surface area contributed by atoms with Crippen LogP contribution in [-0.4, -0.2) is 19.1 Å². The molecule has 0 saturated carbocycles. The number of aromatic amines is 1. The Morgan fingerprint density at radius 3 is 2.55 bits per heavy atom. The Morgan fingerprint density at radius 1 is 1.16 bits per heavy atom. The maximum atomic E-state index is 13.3. The van der Waals surface area contributed by atoms with Crippen molar-refractivity contribution in [2.24, 2.45) is 0 Å². The van der Waals surface area contributed by atoms with Crippen LogP contribution in [0.5, 0.6) is 0 Å². The van der Waals surface area contributed by atoms with E-state index >= 15 is 0 Å². The van der Waals surface area contributed by atoms with Gasteiger partial charge in [0.1, 0.15) is 5.82 Å². The molecule has 0 aliphatic heterocycles. The summed E-state index contributed by atoms with van der Waals surface area (Å²) in [6.07, 6.45) is 5.80. The van der Waals surface area contributed by atoms with Gasteiger partial charge in [-0.15, -0.1) is 0 Å². The molecule has 0 spiro atoms. The molecule has 0 amide bonds. The minimum absolute atomic E-state index is 0.00702. The zero-order valence-electron chi connectivity index (χ0n) is 17.7. The fourth-order valence-electron chi connectivity index (χ4n) is 3.82. The smallest absolute Gasteiger partial charge is 0.258 e. The first-order valence-electron chi connectivity index (χ1n) is 10.1. The minimum Gasteiger partial charge on any atom is -0.332 e. The lowest BCUT2D eigenvalue weighted by atomic mass is 10.0. The first-order chi connectivity index (χ1) is 14.8. The summed E-state index contributed by atoms with van der Waals surface area (Å²) in [5.41, 5.74) is 5.18. The third-order valence-electron chi connectivity index (χ3n) is 5.50. The summed E-state index contributed by atoms with van der Waals surface area (Å²) in [6.45, 7) is 5.81. The van der Waals surface area contributed by atoms with Crippen molar-refractivity contribution in [2.75, 3.05) is 0 Å². The van der Waals surface area contributed by atoms with Gasteiger partial charge in [-0.05, 0) is 55.7 Å². The highest BCUT2D eigenvalue weighted by Gasteiger charge is 2.15. The number of rotatable bonds is 5. The van der Waals surface area contributed by atoms with Crippen molar-refractivity contribution in [3.63, 3.8) is 0 Å². The number of nitrogens with zero attached hydrogens (tertiary/aromatic N) is 3. The van der Waals surface area contributed by atoms with Crippen molar-refractivity contribution >= 4 is 0 Å². The molecule has 0 fully saturated rings. The van der Waals surface area contributed by atoms with Crippen LogP contribution in [0.25, 0.3) is 5.69 Å². The monoisotopic (exact) mass is 417 g/mol. The maximum Gasteiger partial charge on any atom is 0.258 e. The van der Waals surface area contributed by atoms with E-state index in [0.717, 1.165) is 28.1 Å². The first kappa shape index (κ1) is 20.5. The molecule has 2 heterocycles. The molecular weight excluding hydrogens is 393 g/mol. The maximum absolute atomic E-state index is 13.3. The summed E-state index contributed by atoms with van der Waals surface area (Å²) in [4.78, 5) is 20.4. The van der Waals surface area contributed by atoms with E-state index in [9.17, 15) is 9.18 Å². The molecule has 2 aromatic heterocycles. The van der Waals surface area contributed by atoms with Crippen molar-refractivity contribution in [3.05, 3.63) is 111 Å². The number of hydrogen-bond acceptors (Lipinski definition) is 3. The van der Waals surface area contributed by atoms with Crippen molar-refractivity contribution in [2.45, 2.75) is 33.2 Å². The summed E-state index contributed by atoms with van der Waals surface area (Å²) >= 11 is 0. The number of hydrogen-bond donors (Lipinski definition) is 2. The van der Waals surface area contributed by atoms with Gasteiger partial charge >= 0.3 is 0 Å². The van der Waals surface area contributed by atoms with E-state index in [2.05, 4.69) is 16.0 Å². The lowest BCUT2D eigenvalue weighted by Gasteiger charge is -2.17. The summed E-state index contributed by atoms with van der Waals surface area (Å²) < 4.78 is 16.7. The topological polar surface area (TPSA) is 79.5 Å². The van der Waals surface area contributed by atoms with Crippen molar-refractivity contribution in [1.29, 1.82) is 5.41 Å². The minimum atomic E-state index is -0.398. The second-order valence-electron chi connectivity index (χ2n) is 7.79. The van der Waals surface area contributed by atoms with Gasteiger partial charge in [-0.3, -0.25) is 14.8 Å². The molecule has 0 unspecified atom stereocenters. The normalized spacial score (nSPS) is 12.1. The number of aromatic nitrogens is 4. The molecule has 0 aliphatic carbocycles. The predicted octanol–water partition coefficient (Wildman–Crippen LogP) is 3.80. The molecule has 0 saturated heterocycles. The summed E-state index contributed by atoms with van der Waals surface area (Å²) in [6, 6.07) is 11.7. The van der Waals surface area contributed by atoms with Crippen LogP contribution in [0.4, 0.5) is 4.39 Å². The van der Waals surface area contributed by atoms with Crippen LogP contribution in [0.3, 0.4) is 0 Å². The van der Waals surface area contributed by atoms with E-state index in [1.165, 1.54) is 16.7 Å². The highest BCUT2D eigenvalue weighted by Crippen LogP contribution is 2.19. The second-order valence-corrected chi connectivity index (χ2v) is 7.79. The third kappa shape index (κ3) is 4.12. The van der Waals surface area contributed by atoms with Gasteiger partial charge in [0.05, 0.1) is 18.1 Å².